The molecule has 0 saturated heterocycles. The fourth-order valence-electron chi connectivity index (χ4n) is 3.45. The molecular formula is C20H23NO2. The second-order valence-electron chi connectivity index (χ2n) is 6.21. The summed E-state index contributed by atoms with van der Waals surface area (Å²) >= 11 is 0. The van der Waals surface area contributed by atoms with Gasteiger partial charge in [0.25, 0.3) is 0 Å². The molecule has 3 heteroatoms. The second kappa shape index (κ2) is 6.97. The third-order valence-electron chi connectivity index (χ3n) is 4.68. The van der Waals surface area contributed by atoms with Crippen molar-refractivity contribution in [1.29, 1.82) is 0 Å². The third kappa shape index (κ3) is 3.45. The highest BCUT2D eigenvalue weighted by Crippen LogP contribution is 2.34. The zero-order chi connectivity index (χ0) is 16.2. The van der Waals surface area contributed by atoms with E-state index < -0.39 is 0 Å². The van der Waals surface area contributed by atoms with E-state index in [1.54, 1.807) is 0 Å². The van der Waals surface area contributed by atoms with Crippen LogP contribution in [0.4, 0.5) is 0 Å². The standard InChI is InChI=1S/C20H23NO2/c1-21(14-15-10-12-17(13-11-15)20(22)23-2)19-9-5-7-16-6-3-4-8-18(16)19/h3-4,6,8,10-13,19H,5,7,9,14H2,1-2H3/t19-/m0/s1. The highest BCUT2D eigenvalue weighted by molar-refractivity contribution is 5.89. The average Bonchev–Trinajstić information content (AvgIpc) is 2.61. The molecular weight excluding hydrogens is 286 g/mol. The first-order valence-electron chi connectivity index (χ1n) is 8.14. The number of benzene rings is 2. The summed E-state index contributed by atoms with van der Waals surface area (Å²) < 4.78 is 4.74. The summed E-state index contributed by atoms with van der Waals surface area (Å²) in [5.41, 5.74) is 4.76. The normalized spacial score (nSPS) is 16.9. The molecule has 0 aliphatic heterocycles. The van der Waals surface area contributed by atoms with E-state index in [4.69, 9.17) is 4.74 Å². The van der Waals surface area contributed by atoms with E-state index in [0.29, 0.717) is 11.6 Å². The van der Waals surface area contributed by atoms with E-state index in [1.807, 2.05) is 24.3 Å². The van der Waals surface area contributed by atoms with Gasteiger partial charge >= 0.3 is 5.97 Å². The topological polar surface area (TPSA) is 29.5 Å². The Hall–Kier alpha value is -2.13. The Balaban J connectivity index is 1.72. The summed E-state index contributed by atoms with van der Waals surface area (Å²) in [5, 5.41) is 0. The predicted octanol–water partition coefficient (Wildman–Crippen LogP) is 3.98. The van der Waals surface area contributed by atoms with Crippen LogP contribution in [0.25, 0.3) is 0 Å². The minimum atomic E-state index is -0.286. The maximum atomic E-state index is 11.5. The maximum absolute atomic E-state index is 11.5. The minimum absolute atomic E-state index is 0.286. The zero-order valence-corrected chi connectivity index (χ0v) is 13.8. The monoisotopic (exact) mass is 309 g/mol. The number of methoxy groups -OCH3 is 1. The van der Waals surface area contributed by atoms with E-state index in [2.05, 4.69) is 36.2 Å². The largest absolute Gasteiger partial charge is 0.465 e. The molecule has 2 aromatic carbocycles. The van der Waals surface area contributed by atoms with Crippen LogP contribution in [0.2, 0.25) is 0 Å². The van der Waals surface area contributed by atoms with Crippen molar-refractivity contribution in [2.75, 3.05) is 14.2 Å². The van der Waals surface area contributed by atoms with Gasteiger partial charge in [0.1, 0.15) is 0 Å². The molecule has 3 rings (SSSR count). The zero-order valence-electron chi connectivity index (χ0n) is 13.8. The first-order valence-corrected chi connectivity index (χ1v) is 8.14. The van der Waals surface area contributed by atoms with E-state index in [-0.39, 0.29) is 5.97 Å². The molecule has 2 aromatic rings. The van der Waals surface area contributed by atoms with Crippen molar-refractivity contribution in [2.45, 2.75) is 31.8 Å². The van der Waals surface area contributed by atoms with Crippen molar-refractivity contribution in [3.8, 4) is 0 Å². The number of fused-ring (bicyclic) bond motifs is 1. The van der Waals surface area contributed by atoms with Crippen LogP contribution in [0, 0.1) is 0 Å². The Kier molecular flexibility index (Phi) is 4.77. The lowest BCUT2D eigenvalue weighted by Crippen LogP contribution is -2.27. The van der Waals surface area contributed by atoms with Gasteiger partial charge in [0.2, 0.25) is 0 Å². The summed E-state index contributed by atoms with van der Waals surface area (Å²) in [4.78, 5) is 13.9. The highest BCUT2D eigenvalue weighted by atomic mass is 16.5. The Morgan fingerprint density at radius 3 is 2.65 bits per heavy atom. The summed E-state index contributed by atoms with van der Waals surface area (Å²) in [6, 6.07) is 16.9. The molecule has 0 N–H and O–H groups in total. The molecule has 0 spiro atoms. The summed E-state index contributed by atoms with van der Waals surface area (Å²) in [6.07, 6.45) is 3.63. The van der Waals surface area contributed by atoms with Gasteiger partial charge in [-0.05, 0) is 55.1 Å². The molecule has 0 radical (unpaired) electrons. The van der Waals surface area contributed by atoms with Crippen LogP contribution in [-0.4, -0.2) is 25.0 Å². The van der Waals surface area contributed by atoms with Crippen LogP contribution in [0.1, 0.15) is 45.9 Å². The fraction of sp³-hybridized carbons (Fsp3) is 0.350. The van der Waals surface area contributed by atoms with Crippen molar-refractivity contribution in [2.24, 2.45) is 0 Å². The SMILES string of the molecule is COC(=O)c1ccc(CN(C)[C@H]2CCCc3ccccc32)cc1. The van der Waals surface area contributed by atoms with Crippen molar-refractivity contribution >= 4 is 5.97 Å². The van der Waals surface area contributed by atoms with Gasteiger partial charge in [-0.15, -0.1) is 0 Å². The molecule has 0 aromatic heterocycles. The number of rotatable bonds is 4. The lowest BCUT2D eigenvalue weighted by Gasteiger charge is -2.33. The molecule has 120 valence electrons. The van der Waals surface area contributed by atoms with Gasteiger partial charge in [-0.2, -0.15) is 0 Å². The minimum Gasteiger partial charge on any atom is -0.465 e. The molecule has 1 atom stereocenters. The lowest BCUT2D eigenvalue weighted by molar-refractivity contribution is 0.0600. The molecule has 0 fully saturated rings. The predicted molar refractivity (Wildman–Crippen MR) is 91.4 cm³/mol. The summed E-state index contributed by atoms with van der Waals surface area (Å²) in [6.45, 7) is 0.875. The third-order valence-corrected chi connectivity index (χ3v) is 4.68. The fourth-order valence-corrected chi connectivity index (χ4v) is 3.45. The molecule has 0 unspecified atom stereocenters. The van der Waals surface area contributed by atoms with Crippen LogP contribution in [-0.2, 0) is 17.7 Å². The number of hydrogen-bond donors (Lipinski definition) is 0. The quantitative estimate of drug-likeness (QED) is 0.800. The van der Waals surface area contributed by atoms with E-state index in [1.165, 1.54) is 43.1 Å². The first kappa shape index (κ1) is 15.8. The van der Waals surface area contributed by atoms with Gasteiger partial charge in [0, 0.05) is 12.6 Å². The molecule has 1 aliphatic rings. The summed E-state index contributed by atoms with van der Waals surface area (Å²) in [7, 11) is 3.59. The van der Waals surface area contributed by atoms with E-state index in [9.17, 15) is 4.79 Å². The Bertz CT molecular complexity index is 678. The molecule has 0 amide bonds. The maximum Gasteiger partial charge on any atom is 0.337 e. The number of carbonyl (C=O) groups is 1. The molecule has 1 aliphatic carbocycles. The smallest absolute Gasteiger partial charge is 0.337 e. The van der Waals surface area contributed by atoms with Crippen molar-refractivity contribution in [3.63, 3.8) is 0 Å². The van der Waals surface area contributed by atoms with Gasteiger partial charge in [-0.25, -0.2) is 4.79 Å². The van der Waals surface area contributed by atoms with Gasteiger partial charge in [0.05, 0.1) is 12.7 Å². The van der Waals surface area contributed by atoms with E-state index in [0.717, 1.165) is 6.54 Å². The van der Waals surface area contributed by atoms with Crippen LogP contribution < -0.4 is 0 Å². The number of ether oxygens (including phenoxy) is 1. The number of carbonyl (C=O) groups excluding carboxylic acids is 1. The van der Waals surface area contributed by atoms with Gasteiger partial charge in [-0.3, -0.25) is 4.90 Å². The first-order chi connectivity index (χ1) is 11.2. The number of aryl methyl sites for hydroxylation is 1. The molecule has 0 saturated carbocycles. The Morgan fingerprint density at radius 1 is 1.17 bits per heavy atom. The highest BCUT2D eigenvalue weighted by Gasteiger charge is 2.23. The van der Waals surface area contributed by atoms with Crippen molar-refractivity contribution in [1.82, 2.24) is 4.90 Å². The van der Waals surface area contributed by atoms with Crippen molar-refractivity contribution in [3.05, 3.63) is 70.8 Å². The molecule has 0 heterocycles. The number of esters is 1. The lowest BCUT2D eigenvalue weighted by atomic mass is 9.87. The molecule has 0 bridgehead atoms. The number of hydrogen-bond acceptors (Lipinski definition) is 3. The summed E-state index contributed by atoms with van der Waals surface area (Å²) in [5.74, 6) is -0.286. The van der Waals surface area contributed by atoms with Gasteiger partial charge in [-0.1, -0.05) is 36.4 Å². The average molecular weight is 309 g/mol. The van der Waals surface area contributed by atoms with Crippen molar-refractivity contribution < 1.29 is 9.53 Å². The number of nitrogens with zero attached hydrogens (tertiary/aromatic N) is 1. The van der Waals surface area contributed by atoms with Gasteiger partial charge in [0.15, 0.2) is 0 Å². The van der Waals surface area contributed by atoms with Crippen LogP contribution in [0.5, 0.6) is 0 Å². The van der Waals surface area contributed by atoms with E-state index >= 15 is 0 Å². The molecule has 23 heavy (non-hydrogen) atoms. The Labute approximate surface area is 137 Å². The van der Waals surface area contributed by atoms with Crippen LogP contribution in [0.15, 0.2) is 48.5 Å². The van der Waals surface area contributed by atoms with Crippen LogP contribution in [0.3, 0.4) is 0 Å². The second-order valence-corrected chi connectivity index (χ2v) is 6.21. The Morgan fingerprint density at radius 2 is 1.91 bits per heavy atom. The molecule has 3 nitrogen and oxygen atoms in total. The van der Waals surface area contributed by atoms with Crippen LogP contribution >= 0.6 is 0 Å². The van der Waals surface area contributed by atoms with Gasteiger partial charge < -0.3 is 4.74 Å².